The highest BCUT2D eigenvalue weighted by molar-refractivity contribution is 6.03. The van der Waals surface area contributed by atoms with E-state index in [1.54, 1.807) is 25.2 Å². The van der Waals surface area contributed by atoms with Crippen molar-refractivity contribution in [3.05, 3.63) is 96.2 Å². The third-order valence-corrected chi connectivity index (χ3v) is 5.31. The summed E-state index contributed by atoms with van der Waals surface area (Å²) in [5, 5.41) is 7.28. The second-order valence-corrected chi connectivity index (χ2v) is 7.67. The van der Waals surface area contributed by atoms with E-state index >= 15 is 0 Å². The Kier molecular flexibility index (Phi) is 4.78. The van der Waals surface area contributed by atoms with Gasteiger partial charge in [0.1, 0.15) is 17.2 Å². The third-order valence-electron chi connectivity index (χ3n) is 5.31. The van der Waals surface area contributed by atoms with Crippen LogP contribution in [0.2, 0.25) is 0 Å². The lowest BCUT2D eigenvalue weighted by Gasteiger charge is -2.06. The summed E-state index contributed by atoms with van der Waals surface area (Å²) in [6.07, 6.45) is 3.97. The van der Waals surface area contributed by atoms with Crippen LogP contribution in [0, 0.1) is 12.7 Å². The molecule has 1 amide bonds. The number of nitrogens with zero attached hydrogens (tertiary/aromatic N) is 4. The van der Waals surface area contributed by atoms with Crippen LogP contribution in [0.15, 0.2) is 79.1 Å². The summed E-state index contributed by atoms with van der Waals surface area (Å²) in [4.78, 5) is 17.5. The molecule has 0 bridgehead atoms. The van der Waals surface area contributed by atoms with Crippen LogP contribution in [-0.2, 0) is 7.05 Å². The van der Waals surface area contributed by atoms with Gasteiger partial charge in [-0.25, -0.2) is 9.37 Å². The van der Waals surface area contributed by atoms with Crippen molar-refractivity contribution in [1.29, 1.82) is 0 Å². The number of pyridine rings is 1. The molecule has 0 aliphatic heterocycles. The summed E-state index contributed by atoms with van der Waals surface area (Å²) in [5.74, 6) is -0.589. The molecule has 2 aromatic carbocycles. The highest BCUT2D eigenvalue weighted by Crippen LogP contribution is 2.23. The summed E-state index contributed by atoms with van der Waals surface area (Å²) in [5.41, 5.74) is 6.30. The monoisotopic (exact) mass is 425 g/mol. The van der Waals surface area contributed by atoms with Gasteiger partial charge in [-0.2, -0.15) is 5.10 Å². The quantitative estimate of drug-likeness (QED) is 0.436. The van der Waals surface area contributed by atoms with E-state index in [1.165, 1.54) is 16.8 Å². The maximum absolute atomic E-state index is 13.2. The molecule has 7 heteroatoms. The van der Waals surface area contributed by atoms with Gasteiger partial charge >= 0.3 is 0 Å². The number of carbonyl (C=O) groups excluding carboxylic acids is 1. The van der Waals surface area contributed by atoms with Gasteiger partial charge in [0.25, 0.3) is 5.91 Å². The second kappa shape index (κ2) is 7.77. The van der Waals surface area contributed by atoms with Crippen molar-refractivity contribution < 1.29 is 9.18 Å². The van der Waals surface area contributed by atoms with Gasteiger partial charge in [-0.1, -0.05) is 12.1 Å². The topological polar surface area (TPSA) is 64.2 Å². The van der Waals surface area contributed by atoms with Gasteiger partial charge in [0.05, 0.1) is 11.4 Å². The number of fused-ring (bicyclic) bond motifs is 1. The number of amides is 1. The van der Waals surface area contributed by atoms with Crippen LogP contribution in [0.1, 0.15) is 16.1 Å². The number of hydrogen-bond acceptors (Lipinski definition) is 3. The standard InChI is InChI=1S/C25H20FN5O/c1-16-11-12-31-15-22(28-24(31)13-16)18-5-9-20(10-6-18)27-25(32)23-14-21(29-30(23)2)17-3-7-19(26)8-4-17/h3-15H,1-2H3,(H,27,32). The molecule has 0 saturated heterocycles. The summed E-state index contributed by atoms with van der Waals surface area (Å²) in [6.45, 7) is 2.04. The largest absolute Gasteiger partial charge is 0.321 e. The van der Waals surface area contributed by atoms with E-state index in [0.717, 1.165) is 28.0 Å². The van der Waals surface area contributed by atoms with Gasteiger partial charge in [0, 0.05) is 36.3 Å². The van der Waals surface area contributed by atoms with Crippen LogP contribution in [0.5, 0.6) is 0 Å². The minimum absolute atomic E-state index is 0.274. The molecule has 0 fully saturated rings. The van der Waals surface area contributed by atoms with E-state index in [9.17, 15) is 9.18 Å². The van der Waals surface area contributed by atoms with Crippen molar-refractivity contribution in [2.45, 2.75) is 6.92 Å². The Balaban J connectivity index is 1.34. The first-order valence-corrected chi connectivity index (χ1v) is 10.1. The Labute approximate surface area is 184 Å². The van der Waals surface area contributed by atoms with Crippen molar-refractivity contribution >= 4 is 17.2 Å². The molecule has 0 saturated carbocycles. The van der Waals surface area contributed by atoms with Gasteiger partial charge in [0.15, 0.2) is 0 Å². The normalized spacial score (nSPS) is 11.1. The molecule has 1 N–H and O–H groups in total. The molecule has 5 aromatic rings. The Bertz CT molecular complexity index is 1430. The lowest BCUT2D eigenvalue weighted by atomic mass is 10.1. The predicted molar refractivity (Wildman–Crippen MR) is 122 cm³/mol. The van der Waals surface area contributed by atoms with E-state index in [4.69, 9.17) is 0 Å². The van der Waals surface area contributed by atoms with Crippen LogP contribution in [-0.4, -0.2) is 25.1 Å². The Morgan fingerprint density at radius 2 is 1.62 bits per heavy atom. The molecule has 32 heavy (non-hydrogen) atoms. The van der Waals surface area contributed by atoms with Gasteiger partial charge in [-0.3, -0.25) is 9.48 Å². The molecule has 5 rings (SSSR count). The molecule has 0 atom stereocenters. The summed E-state index contributed by atoms with van der Waals surface area (Å²) in [7, 11) is 1.70. The number of imidazole rings is 1. The molecule has 3 heterocycles. The zero-order valence-electron chi connectivity index (χ0n) is 17.6. The summed E-state index contributed by atoms with van der Waals surface area (Å²) in [6, 6.07) is 19.3. The Hall–Kier alpha value is -4.26. The van der Waals surface area contributed by atoms with Crippen molar-refractivity contribution in [3.8, 4) is 22.5 Å². The zero-order chi connectivity index (χ0) is 22.2. The first-order chi connectivity index (χ1) is 15.5. The Morgan fingerprint density at radius 3 is 2.38 bits per heavy atom. The molecule has 0 aliphatic rings. The lowest BCUT2D eigenvalue weighted by Crippen LogP contribution is -2.15. The van der Waals surface area contributed by atoms with Crippen LogP contribution < -0.4 is 5.32 Å². The number of carbonyl (C=O) groups is 1. The first kappa shape index (κ1) is 19.7. The van der Waals surface area contributed by atoms with Crippen molar-refractivity contribution in [3.63, 3.8) is 0 Å². The average Bonchev–Trinajstić information content (AvgIpc) is 3.38. The zero-order valence-corrected chi connectivity index (χ0v) is 17.6. The molecule has 158 valence electrons. The van der Waals surface area contributed by atoms with Crippen LogP contribution in [0.4, 0.5) is 10.1 Å². The molecule has 0 radical (unpaired) electrons. The number of rotatable bonds is 4. The fourth-order valence-electron chi connectivity index (χ4n) is 3.58. The smallest absolute Gasteiger partial charge is 0.273 e. The first-order valence-electron chi connectivity index (χ1n) is 10.1. The van der Waals surface area contributed by atoms with Gasteiger partial charge in [-0.05, 0) is 67.1 Å². The van der Waals surface area contributed by atoms with E-state index < -0.39 is 0 Å². The van der Waals surface area contributed by atoms with Gasteiger partial charge in [-0.15, -0.1) is 0 Å². The number of halogens is 1. The molecular weight excluding hydrogens is 405 g/mol. The highest BCUT2D eigenvalue weighted by atomic mass is 19.1. The maximum Gasteiger partial charge on any atom is 0.273 e. The number of hydrogen-bond donors (Lipinski definition) is 1. The summed E-state index contributed by atoms with van der Waals surface area (Å²) < 4.78 is 16.7. The van der Waals surface area contributed by atoms with Crippen LogP contribution >= 0.6 is 0 Å². The van der Waals surface area contributed by atoms with Crippen molar-refractivity contribution in [2.24, 2.45) is 7.05 Å². The number of aromatic nitrogens is 4. The maximum atomic E-state index is 13.2. The fraction of sp³-hybridized carbons (Fsp3) is 0.0800. The molecule has 0 unspecified atom stereocenters. The van der Waals surface area contributed by atoms with E-state index in [1.807, 2.05) is 60.1 Å². The van der Waals surface area contributed by atoms with Gasteiger partial charge in [0.2, 0.25) is 0 Å². The molecule has 0 aliphatic carbocycles. The van der Waals surface area contributed by atoms with E-state index in [0.29, 0.717) is 17.1 Å². The fourth-order valence-corrected chi connectivity index (χ4v) is 3.58. The minimum atomic E-state index is -0.315. The number of benzene rings is 2. The number of anilines is 1. The second-order valence-electron chi connectivity index (χ2n) is 7.67. The molecular formula is C25H20FN5O. The Morgan fingerprint density at radius 1 is 0.938 bits per heavy atom. The summed E-state index contributed by atoms with van der Waals surface area (Å²) >= 11 is 0. The predicted octanol–water partition coefficient (Wildman–Crippen LogP) is 5.10. The molecule has 6 nitrogen and oxygen atoms in total. The minimum Gasteiger partial charge on any atom is -0.321 e. The van der Waals surface area contributed by atoms with E-state index in [2.05, 4.69) is 15.4 Å². The molecule has 3 aromatic heterocycles. The van der Waals surface area contributed by atoms with E-state index in [-0.39, 0.29) is 11.7 Å². The van der Waals surface area contributed by atoms with Crippen LogP contribution in [0.3, 0.4) is 0 Å². The average molecular weight is 425 g/mol. The highest BCUT2D eigenvalue weighted by Gasteiger charge is 2.15. The SMILES string of the molecule is Cc1ccn2cc(-c3ccc(NC(=O)c4cc(-c5ccc(F)cc5)nn4C)cc3)nc2c1. The van der Waals surface area contributed by atoms with Crippen LogP contribution in [0.25, 0.3) is 28.2 Å². The van der Waals surface area contributed by atoms with Gasteiger partial charge < -0.3 is 9.72 Å². The number of nitrogens with one attached hydrogen (secondary N) is 1. The lowest BCUT2D eigenvalue weighted by molar-refractivity contribution is 0.101. The van der Waals surface area contributed by atoms with Crippen molar-refractivity contribution in [1.82, 2.24) is 19.2 Å². The van der Waals surface area contributed by atoms with Crippen molar-refractivity contribution in [2.75, 3.05) is 5.32 Å². The number of aryl methyl sites for hydroxylation is 2. The molecule has 0 spiro atoms. The third kappa shape index (κ3) is 3.76.